The SMILES string of the molecule is CC(C)(C)n1nnc(CCC2CCC(c3ccc(/C=C/C(=O)NO)cc3)N2)n1. The average molecular weight is 384 g/mol. The normalized spacial score (nSPS) is 20.0. The van der Waals surface area contributed by atoms with Crippen molar-refractivity contribution < 1.29 is 10.0 Å². The minimum absolute atomic E-state index is 0.148. The van der Waals surface area contributed by atoms with E-state index in [1.807, 2.05) is 12.1 Å². The van der Waals surface area contributed by atoms with Gasteiger partial charge in [-0.3, -0.25) is 10.0 Å². The number of aryl methyl sites for hydroxylation is 1. The fourth-order valence-corrected chi connectivity index (χ4v) is 3.29. The molecule has 1 aromatic carbocycles. The highest BCUT2D eigenvalue weighted by Gasteiger charge is 2.25. The lowest BCUT2D eigenvalue weighted by Gasteiger charge is -2.15. The Morgan fingerprint density at radius 3 is 2.71 bits per heavy atom. The fourth-order valence-electron chi connectivity index (χ4n) is 3.29. The lowest BCUT2D eigenvalue weighted by Crippen LogP contribution is -2.25. The van der Waals surface area contributed by atoms with E-state index >= 15 is 0 Å². The maximum Gasteiger partial charge on any atom is 0.267 e. The van der Waals surface area contributed by atoms with E-state index in [4.69, 9.17) is 5.21 Å². The molecule has 1 amide bonds. The fraction of sp³-hybridized carbons (Fsp3) is 0.500. The molecular formula is C20H28N6O2. The van der Waals surface area contributed by atoms with Gasteiger partial charge in [0.25, 0.3) is 5.91 Å². The van der Waals surface area contributed by atoms with Gasteiger partial charge in [0.2, 0.25) is 0 Å². The molecular weight excluding hydrogens is 356 g/mol. The Balaban J connectivity index is 1.50. The van der Waals surface area contributed by atoms with Crippen molar-refractivity contribution in [3.05, 3.63) is 47.3 Å². The monoisotopic (exact) mass is 384 g/mol. The second kappa shape index (κ2) is 8.62. The highest BCUT2D eigenvalue weighted by Crippen LogP contribution is 2.28. The van der Waals surface area contributed by atoms with Crippen LogP contribution in [0.3, 0.4) is 0 Å². The van der Waals surface area contributed by atoms with Gasteiger partial charge in [0.15, 0.2) is 5.82 Å². The number of hydrogen-bond acceptors (Lipinski definition) is 6. The number of nitrogens with zero attached hydrogens (tertiary/aromatic N) is 4. The van der Waals surface area contributed by atoms with Crippen molar-refractivity contribution in [2.24, 2.45) is 0 Å². The van der Waals surface area contributed by atoms with Crippen molar-refractivity contribution in [1.82, 2.24) is 31.0 Å². The summed E-state index contributed by atoms with van der Waals surface area (Å²) in [5.41, 5.74) is 3.58. The van der Waals surface area contributed by atoms with Crippen LogP contribution in [0.1, 0.15) is 63.0 Å². The molecule has 150 valence electrons. The quantitative estimate of drug-likeness (QED) is 0.401. The van der Waals surface area contributed by atoms with E-state index < -0.39 is 5.91 Å². The van der Waals surface area contributed by atoms with Crippen LogP contribution in [0.25, 0.3) is 6.08 Å². The van der Waals surface area contributed by atoms with Crippen LogP contribution in [0.2, 0.25) is 0 Å². The van der Waals surface area contributed by atoms with Crippen LogP contribution in [0.15, 0.2) is 30.3 Å². The van der Waals surface area contributed by atoms with Crippen molar-refractivity contribution in [2.45, 2.75) is 64.1 Å². The first-order chi connectivity index (χ1) is 13.3. The molecule has 0 aliphatic carbocycles. The number of rotatable bonds is 6. The third-order valence-corrected chi connectivity index (χ3v) is 4.89. The number of hydrogen-bond donors (Lipinski definition) is 3. The van der Waals surface area contributed by atoms with Gasteiger partial charge in [0.1, 0.15) is 0 Å². The summed E-state index contributed by atoms with van der Waals surface area (Å²) in [5, 5.41) is 25.0. The van der Waals surface area contributed by atoms with Crippen LogP contribution in [0.4, 0.5) is 0 Å². The van der Waals surface area contributed by atoms with E-state index in [0.717, 1.165) is 37.1 Å². The van der Waals surface area contributed by atoms with Crippen molar-refractivity contribution >= 4 is 12.0 Å². The molecule has 8 heteroatoms. The van der Waals surface area contributed by atoms with Crippen molar-refractivity contribution in [3.8, 4) is 0 Å². The molecule has 3 rings (SSSR count). The van der Waals surface area contributed by atoms with E-state index in [1.54, 1.807) is 16.4 Å². The lowest BCUT2D eigenvalue weighted by molar-refractivity contribution is -0.124. The smallest absolute Gasteiger partial charge is 0.267 e. The van der Waals surface area contributed by atoms with Crippen LogP contribution >= 0.6 is 0 Å². The number of amides is 1. The van der Waals surface area contributed by atoms with Gasteiger partial charge >= 0.3 is 0 Å². The van der Waals surface area contributed by atoms with E-state index in [9.17, 15) is 4.79 Å². The maximum atomic E-state index is 11.0. The Hall–Kier alpha value is -2.58. The molecule has 1 aliphatic rings. The van der Waals surface area contributed by atoms with Crippen molar-refractivity contribution in [1.29, 1.82) is 0 Å². The summed E-state index contributed by atoms with van der Waals surface area (Å²) in [5.74, 6) is 0.254. The summed E-state index contributed by atoms with van der Waals surface area (Å²) in [7, 11) is 0. The zero-order valence-electron chi connectivity index (χ0n) is 16.6. The Kier molecular flexibility index (Phi) is 6.21. The highest BCUT2D eigenvalue weighted by molar-refractivity contribution is 5.90. The summed E-state index contributed by atoms with van der Waals surface area (Å²) in [6, 6.07) is 8.88. The number of nitrogens with one attached hydrogen (secondary N) is 2. The largest absolute Gasteiger partial charge is 0.307 e. The first kappa shape index (κ1) is 20.2. The van der Waals surface area contributed by atoms with Gasteiger partial charge < -0.3 is 5.32 Å². The zero-order valence-corrected chi connectivity index (χ0v) is 16.6. The molecule has 2 atom stereocenters. The van der Waals surface area contributed by atoms with Crippen LogP contribution in [0.5, 0.6) is 0 Å². The molecule has 0 spiro atoms. The summed E-state index contributed by atoms with van der Waals surface area (Å²) in [6.07, 6.45) is 6.98. The first-order valence-electron chi connectivity index (χ1n) is 9.62. The molecule has 0 radical (unpaired) electrons. The number of carbonyl (C=O) groups excluding carboxylic acids is 1. The number of carbonyl (C=O) groups is 1. The van der Waals surface area contributed by atoms with Gasteiger partial charge in [-0.05, 0) is 62.4 Å². The molecule has 2 unspecified atom stereocenters. The number of aromatic nitrogens is 4. The first-order valence-corrected chi connectivity index (χ1v) is 9.62. The van der Waals surface area contributed by atoms with Crippen LogP contribution in [-0.2, 0) is 16.8 Å². The van der Waals surface area contributed by atoms with E-state index in [0.29, 0.717) is 12.1 Å². The standard InChI is InChI=1S/C20H28N6O2/c1-20(2,3)26-23-18(22-25-26)12-10-16-9-11-17(21-16)15-7-4-14(5-8-15)6-13-19(27)24-28/h4-8,13,16-17,21,28H,9-12H2,1-3H3,(H,24,27)/b13-6+. The number of tetrazole rings is 1. The van der Waals surface area contributed by atoms with Crippen molar-refractivity contribution in [3.63, 3.8) is 0 Å². The molecule has 8 nitrogen and oxygen atoms in total. The predicted octanol–water partition coefficient (Wildman–Crippen LogP) is 2.37. The predicted molar refractivity (Wildman–Crippen MR) is 105 cm³/mol. The van der Waals surface area contributed by atoms with Gasteiger partial charge in [0, 0.05) is 24.6 Å². The molecule has 1 fully saturated rings. The molecule has 0 bridgehead atoms. The third-order valence-electron chi connectivity index (χ3n) is 4.89. The molecule has 2 aromatic rings. The van der Waals surface area contributed by atoms with Gasteiger partial charge in [-0.1, -0.05) is 24.3 Å². The summed E-state index contributed by atoms with van der Waals surface area (Å²) >= 11 is 0. The maximum absolute atomic E-state index is 11.0. The van der Waals surface area contributed by atoms with Gasteiger partial charge in [0.05, 0.1) is 5.54 Å². The minimum atomic E-state index is -0.540. The number of benzene rings is 1. The second-order valence-electron chi connectivity index (χ2n) is 8.17. The molecule has 0 saturated carbocycles. The molecule has 3 N–H and O–H groups in total. The van der Waals surface area contributed by atoms with Gasteiger partial charge in [-0.15, -0.1) is 10.2 Å². The summed E-state index contributed by atoms with van der Waals surface area (Å²) < 4.78 is 0. The Labute approximate surface area is 165 Å². The Morgan fingerprint density at radius 1 is 1.32 bits per heavy atom. The van der Waals surface area contributed by atoms with Crippen molar-refractivity contribution in [2.75, 3.05) is 0 Å². The van der Waals surface area contributed by atoms with Crippen LogP contribution < -0.4 is 10.8 Å². The second-order valence-corrected chi connectivity index (χ2v) is 8.17. The van der Waals surface area contributed by atoms with E-state index in [-0.39, 0.29) is 5.54 Å². The van der Waals surface area contributed by atoms with Crippen LogP contribution in [0, 0.1) is 0 Å². The molecule has 28 heavy (non-hydrogen) atoms. The molecule has 2 heterocycles. The Bertz CT molecular complexity index is 822. The molecule has 1 aromatic heterocycles. The zero-order chi connectivity index (χ0) is 20.1. The third kappa shape index (κ3) is 5.24. The van der Waals surface area contributed by atoms with E-state index in [1.165, 1.54) is 11.6 Å². The Morgan fingerprint density at radius 2 is 2.07 bits per heavy atom. The van der Waals surface area contributed by atoms with E-state index in [2.05, 4.69) is 53.6 Å². The van der Waals surface area contributed by atoms with Gasteiger partial charge in [-0.25, -0.2) is 5.48 Å². The summed E-state index contributed by atoms with van der Waals surface area (Å²) in [6.45, 7) is 6.18. The highest BCUT2D eigenvalue weighted by atomic mass is 16.5. The van der Waals surface area contributed by atoms with Gasteiger partial charge in [-0.2, -0.15) is 4.80 Å². The topological polar surface area (TPSA) is 105 Å². The lowest BCUT2D eigenvalue weighted by atomic mass is 10.0. The average Bonchev–Trinajstić information content (AvgIpc) is 3.34. The van der Waals surface area contributed by atoms with Crippen LogP contribution in [-0.4, -0.2) is 37.4 Å². The molecule has 1 saturated heterocycles. The molecule has 1 aliphatic heterocycles. The summed E-state index contributed by atoms with van der Waals surface area (Å²) in [4.78, 5) is 12.7. The number of hydroxylamine groups is 1. The minimum Gasteiger partial charge on any atom is -0.307 e.